The average molecular weight is 565 g/mol. The second kappa shape index (κ2) is 12.4. The van der Waals surface area contributed by atoms with Gasteiger partial charge in [0.05, 0.1) is 29.2 Å². The molecular weight excluding hydrogens is 527 g/mol. The number of carbonyl (C=O) groups is 1. The summed E-state index contributed by atoms with van der Waals surface area (Å²) in [7, 11) is -1.13. The molecule has 0 saturated carbocycles. The van der Waals surface area contributed by atoms with Crippen molar-refractivity contribution in [1.29, 1.82) is 0 Å². The van der Waals surface area contributed by atoms with Crippen molar-refractivity contribution < 1.29 is 18.3 Å². The number of amides is 1. The predicted molar refractivity (Wildman–Crippen MR) is 153 cm³/mol. The highest BCUT2D eigenvalue weighted by Gasteiger charge is 2.32. The number of para-hydroxylation sites is 2. The molecule has 0 unspecified atom stereocenters. The van der Waals surface area contributed by atoms with E-state index in [4.69, 9.17) is 14.1 Å². The van der Waals surface area contributed by atoms with E-state index in [9.17, 15) is 9.18 Å². The van der Waals surface area contributed by atoms with Crippen LogP contribution >= 0.6 is 0 Å². The largest absolute Gasteiger partial charge is 0.448 e. The molecule has 11 heteroatoms. The topological polar surface area (TPSA) is 98.3 Å². The van der Waals surface area contributed by atoms with Gasteiger partial charge < -0.3 is 23.9 Å². The molecule has 4 aromatic rings. The summed E-state index contributed by atoms with van der Waals surface area (Å²) < 4.78 is 27.6. The van der Waals surface area contributed by atoms with Crippen molar-refractivity contribution in [3.63, 3.8) is 0 Å². The fourth-order valence-electron chi connectivity index (χ4n) is 4.75. The van der Waals surface area contributed by atoms with Crippen LogP contribution in [-0.2, 0) is 24.4 Å². The van der Waals surface area contributed by atoms with Crippen LogP contribution in [0.4, 0.5) is 4.39 Å². The van der Waals surface area contributed by atoms with Gasteiger partial charge in [0.2, 0.25) is 0 Å². The number of hydrogen-bond donors (Lipinski definition) is 1. The van der Waals surface area contributed by atoms with Crippen LogP contribution < -0.4 is 5.32 Å². The fourth-order valence-corrected chi connectivity index (χ4v) is 5.50. The molecule has 1 aliphatic heterocycles. The molecule has 1 aromatic carbocycles. The van der Waals surface area contributed by atoms with Crippen molar-refractivity contribution >= 4 is 25.0 Å². The second-order valence-corrected chi connectivity index (χ2v) is 17.2. The Bertz CT molecular complexity index is 1440. The van der Waals surface area contributed by atoms with E-state index in [0.29, 0.717) is 12.6 Å². The molecule has 40 heavy (non-hydrogen) atoms. The SMILES string of the molecule is C[Si](C)(C)CCOCn1c(CCCN2CC(c3nc(C(=O)NCc4ncccc4F)co3)C2)nc2ccccc21. The molecule has 0 bridgehead atoms. The molecule has 0 radical (unpaired) electrons. The maximum absolute atomic E-state index is 13.7. The number of carbonyl (C=O) groups excluding carboxylic acids is 1. The predicted octanol–water partition coefficient (Wildman–Crippen LogP) is 4.83. The number of likely N-dealkylation sites (tertiary alicyclic amines) is 1. The Hall–Kier alpha value is -3.41. The van der Waals surface area contributed by atoms with Crippen molar-refractivity contribution in [1.82, 2.24) is 29.7 Å². The monoisotopic (exact) mass is 564 g/mol. The molecule has 0 spiro atoms. The Labute approximate surface area is 234 Å². The van der Waals surface area contributed by atoms with Gasteiger partial charge in [-0.1, -0.05) is 31.8 Å². The lowest BCUT2D eigenvalue weighted by molar-refractivity contribution is 0.0873. The zero-order valence-electron chi connectivity index (χ0n) is 23.4. The van der Waals surface area contributed by atoms with Crippen LogP contribution in [0.2, 0.25) is 25.7 Å². The lowest BCUT2D eigenvalue weighted by Crippen LogP contribution is -2.45. The molecule has 5 rings (SSSR count). The van der Waals surface area contributed by atoms with E-state index in [1.807, 2.05) is 12.1 Å². The molecule has 1 amide bonds. The lowest BCUT2D eigenvalue weighted by Gasteiger charge is -2.37. The van der Waals surface area contributed by atoms with Gasteiger partial charge in [-0.05, 0) is 43.3 Å². The van der Waals surface area contributed by atoms with E-state index in [1.165, 1.54) is 24.6 Å². The van der Waals surface area contributed by atoms with Gasteiger partial charge in [0.1, 0.15) is 24.6 Å². The number of ether oxygens (including phenoxy) is 1. The normalized spacial score (nSPS) is 14.5. The van der Waals surface area contributed by atoms with E-state index < -0.39 is 19.8 Å². The third-order valence-electron chi connectivity index (χ3n) is 7.14. The van der Waals surface area contributed by atoms with Crippen LogP contribution in [0.3, 0.4) is 0 Å². The highest BCUT2D eigenvalue weighted by atomic mass is 28.3. The quantitative estimate of drug-likeness (QED) is 0.183. The number of aromatic nitrogens is 4. The summed E-state index contributed by atoms with van der Waals surface area (Å²) in [4.78, 5) is 28.0. The molecule has 212 valence electrons. The lowest BCUT2D eigenvalue weighted by atomic mass is 10.00. The van der Waals surface area contributed by atoms with E-state index in [-0.39, 0.29) is 23.9 Å². The van der Waals surface area contributed by atoms with Gasteiger partial charge in [0.25, 0.3) is 5.91 Å². The highest BCUT2D eigenvalue weighted by molar-refractivity contribution is 6.76. The number of imidazole rings is 1. The smallest absolute Gasteiger partial charge is 0.273 e. The van der Waals surface area contributed by atoms with Gasteiger partial charge in [-0.15, -0.1) is 0 Å². The first-order valence-corrected chi connectivity index (χ1v) is 17.5. The first-order valence-electron chi connectivity index (χ1n) is 13.8. The minimum Gasteiger partial charge on any atom is -0.448 e. The Morgan fingerprint density at radius 2 is 2.00 bits per heavy atom. The number of nitrogens with zero attached hydrogens (tertiary/aromatic N) is 5. The van der Waals surface area contributed by atoms with Gasteiger partial charge in [-0.25, -0.2) is 14.4 Å². The first kappa shape index (κ1) is 28.1. The summed E-state index contributed by atoms with van der Waals surface area (Å²) in [6.07, 6.45) is 4.70. The van der Waals surface area contributed by atoms with Crippen LogP contribution in [0.1, 0.15) is 40.2 Å². The van der Waals surface area contributed by atoms with Crippen molar-refractivity contribution in [3.05, 3.63) is 77.8 Å². The summed E-state index contributed by atoms with van der Waals surface area (Å²) in [5.74, 6) is 0.895. The minimum absolute atomic E-state index is 0.0106. The zero-order valence-corrected chi connectivity index (χ0v) is 24.4. The van der Waals surface area contributed by atoms with E-state index >= 15 is 0 Å². The highest BCUT2D eigenvalue weighted by Crippen LogP contribution is 2.27. The van der Waals surface area contributed by atoms with Crippen molar-refractivity contribution in [2.75, 3.05) is 26.2 Å². The maximum Gasteiger partial charge on any atom is 0.273 e. The molecule has 1 fully saturated rings. The Balaban J connectivity index is 1.08. The molecule has 3 aromatic heterocycles. The number of oxazole rings is 1. The van der Waals surface area contributed by atoms with Crippen molar-refractivity contribution in [2.24, 2.45) is 0 Å². The summed E-state index contributed by atoms with van der Waals surface area (Å²) in [6.45, 7) is 11.0. The fraction of sp³-hybridized carbons (Fsp3) is 0.448. The molecule has 1 N–H and O–H groups in total. The summed E-state index contributed by atoms with van der Waals surface area (Å²) >= 11 is 0. The van der Waals surface area contributed by atoms with Gasteiger partial charge in [-0.3, -0.25) is 9.78 Å². The number of benzene rings is 1. The van der Waals surface area contributed by atoms with Crippen LogP contribution in [0.15, 0.2) is 53.3 Å². The number of rotatable bonds is 13. The second-order valence-electron chi connectivity index (χ2n) is 11.5. The van der Waals surface area contributed by atoms with E-state index in [1.54, 1.807) is 0 Å². The van der Waals surface area contributed by atoms with E-state index in [0.717, 1.165) is 62.0 Å². The number of pyridine rings is 1. The zero-order chi connectivity index (χ0) is 28.1. The molecule has 1 aliphatic rings. The van der Waals surface area contributed by atoms with Gasteiger partial charge in [-0.2, -0.15) is 0 Å². The minimum atomic E-state index is -1.13. The maximum atomic E-state index is 13.7. The number of fused-ring (bicyclic) bond motifs is 1. The van der Waals surface area contributed by atoms with Gasteiger partial charge >= 0.3 is 0 Å². The van der Waals surface area contributed by atoms with Crippen LogP contribution in [0.25, 0.3) is 11.0 Å². The molecule has 1 saturated heterocycles. The Kier molecular flexibility index (Phi) is 8.72. The molecular formula is C29H37FN6O3Si. The van der Waals surface area contributed by atoms with Gasteiger partial charge in [0.15, 0.2) is 11.6 Å². The number of aryl methyl sites for hydroxylation is 1. The van der Waals surface area contributed by atoms with Crippen LogP contribution in [0.5, 0.6) is 0 Å². The molecule has 0 aliphatic carbocycles. The average Bonchev–Trinajstić information content (AvgIpc) is 3.52. The first-order chi connectivity index (χ1) is 19.3. The number of nitrogens with one attached hydrogen (secondary N) is 1. The summed E-state index contributed by atoms with van der Waals surface area (Å²) in [6, 6.07) is 12.2. The number of hydrogen-bond acceptors (Lipinski definition) is 7. The molecule has 9 nitrogen and oxygen atoms in total. The Morgan fingerprint density at radius 3 is 2.80 bits per heavy atom. The van der Waals surface area contributed by atoms with Crippen LogP contribution in [-0.4, -0.2) is 64.6 Å². The molecule has 4 heterocycles. The van der Waals surface area contributed by atoms with Crippen molar-refractivity contribution in [3.8, 4) is 0 Å². The Morgan fingerprint density at radius 1 is 1.18 bits per heavy atom. The molecule has 0 atom stereocenters. The summed E-state index contributed by atoms with van der Waals surface area (Å²) in [5.41, 5.74) is 2.49. The summed E-state index contributed by atoms with van der Waals surface area (Å²) in [5, 5.41) is 2.64. The third kappa shape index (κ3) is 7.01. The standard InChI is InChI=1S/C29H37FN6O3Si/c1-40(2,3)15-14-38-20-36-26-10-5-4-9-23(26)33-27(36)11-7-13-35-17-21(18-35)29-34-25(19-39-29)28(37)32-16-24-22(30)8-6-12-31-24/h4-6,8-10,12,19,21H,7,11,13-18,20H2,1-3H3,(H,32,37). The third-order valence-corrected chi connectivity index (χ3v) is 8.84. The van der Waals surface area contributed by atoms with Crippen LogP contribution in [0, 0.1) is 5.82 Å². The number of halogens is 1. The van der Waals surface area contributed by atoms with Crippen molar-refractivity contribution in [2.45, 2.75) is 57.7 Å². The van der Waals surface area contributed by atoms with Gasteiger partial charge in [0, 0.05) is 40.4 Å². The van der Waals surface area contributed by atoms with E-state index in [2.05, 4.69) is 56.5 Å².